The quantitative estimate of drug-likeness (QED) is 0.809. The fraction of sp³-hybridized carbons (Fsp3) is 0.846. The summed E-state index contributed by atoms with van der Waals surface area (Å²) in [6.45, 7) is 11.9. The van der Waals surface area contributed by atoms with Crippen molar-refractivity contribution >= 4 is 12.0 Å². The highest BCUT2D eigenvalue weighted by atomic mass is 16.5. The van der Waals surface area contributed by atoms with Gasteiger partial charge in [0.1, 0.15) is 6.04 Å². The third kappa shape index (κ3) is 5.38. The Kier molecular flexibility index (Phi) is 6.15. The van der Waals surface area contributed by atoms with E-state index in [0.29, 0.717) is 0 Å². The highest BCUT2D eigenvalue weighted by Crippen LogP contribution is 2.18. The molecular weight excluding hydrogens is 232 g/mol. The van der Waals surface area contributed by atoms with Crippen molar-refractivity contribution in [3.63, 3.8) is 0 Å². The van der Waals surface area contributed by atoms with E-state index in [1.807, 2.05) is 20.8 Å². The Balaban J connectivity index is 4.64. The van der Waals surface area contributed by atoms with Crippen LogP contribution < -0.4 is 10.6 Å². The molecule has 18 heavy (non-hydrogen) atoms. The number of hydrogen-bond donors (Lipinski definition) is 2. The second kappa shape index (κ2) is 6.61. The van der Waals surface area contributed by atoms with Crippen LogP contribution in [0.2, 0.25) is 0 Å². The molecule has 0 aromatic heterocycles. The third-order valence-corrected chi connectivity index (χ3v) is 3.07. The van der Waals surface area contributed by atoms with E-state index >= 15 is 0 Å². The van der Waals surface area contributed by atoms with E-state index in [1.165, 1.54) is 7.11 Å². The second-order valence-corrected chi connectivity index (χ2v) is 5.95. The summed E-state index contributed by atoms with van der Waals surface area (Å²) in [5, 5.41) is 5.47. The Morgan fingerprint density at radius 3 is 1.89 bits per heavy atom. The lowest BCUT2D eigenvalue weighted by atomic mass is 9.87. The number of amides is 2. The Morgan fingerprint density at radius 2 is 1.56 bits per heavy atom. The molecule has 0 fully saturated rings. The van der Waals surface area contributed by atoms with Crippen molar-refractivity contribution in [3.8, 4) is 0 Å². The summed E-state index contributed by atoms with van der Waals surface area (Å²) in [5.41, 5.74) is -0.0253. The van der Waals surface area contributed by atoms with Crippen molar-refractivity contribution in [3.05, 3.63) is 0 Å². The maximum atomic E-state index is 12.1. The molecule has 0 unspecified atom stereocenters. The number of nitrogens with one attached hydrogen (secondary N) is 2. The van der Waals surface area contributed by atoms with E-state index in [4.69, 9.17) is 0 Å². The van der Waals surface area contributed by atoms with Crippen molar-refractivity contribution in [1.29, 1.82) is 0 Å². The van der Waals surface area contributed by atoms with Gasteiger partial charge in [-0.3, -0.25) is 4.79 Å². The molecule has 0 aromatic rings. The van der Waals surface area contributed by atoms with Gasteiger partial charge in [-0.05, 0) is 18.3 Å². The highest BCUT2D eigenvalue weighted by Gasteiger charge is 2.28. The van der Waals surface area contributed by atoms with Crippen molar-refractivity contribution < 1.29 is 14.3 Å². The summed E-state index contributed by atoms with van der Waals surface area (Å²) in [7, 11) is 1.28. The first kappa shape index (κ1) is 16.7. The van der Waals surface area contributed by atoms with Gasteiger partial charge in [-0.15, -0.1) is 0 Å². The Labute approximate surface area is 110 Å². The van der Waals surface area contributed by atoms with Crippen LogP contribution in [0.5, 0.6) is 0 Å². The molecule has 0 aliphatic heterocycles. The average molecular weight is 258 g/mol. The fourth-order valence-corrected chi connectivity index (χ4v) is 1.24. The number of methoxy groups -OCH3 is 1. The van der Waals surface area contributed by atoms with Gasteiger partial charge in [-0.25, -0.2) is 4.79 Å². The summed E-state index contributed by atoms with van der Waals surface area (Å²) >= 11 is 0. The predicted molar refractivity (Wildman–Crippen MR) is 71.2 cm³/mol. The molecular formula is C13H26N2O3. The van der Waals surface area contributed by atoms with Crippen LogP contribution >= 0.6 is 0 Å². The van der Waals surface area contributed by atoms with Gasteiger partial charge in [0, 0.05) is 6.04 Å². The molecule has 2 amide bonds. The minimum absolute atomic E-state index is 0.00346. The molecule has 2 atom stereocenters. The average Bonchev–Trinajstić information content (AvgIpc) is 2.23. The van der Waals surface area contributed by atoms with Crippen molar-refractivity contribution in [2.45, 2.75) is 53.6 Å². The number of alkyl carbamates (subject to hydrolysis) is 1. The molecule has 0 aromatic carbocycles. The number of hydrogen-bond acceptors (Lipinski definition) is 3. The molecule has 0 aliphatic carbocycles. The zero-order valence-electron chi connectivity index (χ0n) is 12.5. The van der Waals surface area contributed by atoms with Gasteiger partial charge in [-0.2, -0.15) is 0 Å². The minimum atomic E-state index is -0.590. The zero-order valence-corrected chi connectivity index (χ0v) is 12.5. The van der Waals surface area contributed by atoms with E-state index in [-0.39, 0.29) is 23.3 Å². The van der Waals surface area contributed by atoms with Crippen molar-refractivity contribution in [2.24, 2.45) is 11.3 Å². The largest absolute Gasteiger partial charge is 0.453 e. The highest BCUT2D eigenvalue weighted by molar-refractivity contribution is 5.86. The lowest BCUT2D eigenvalue weighted by molar-refractivity contribution is -0.125. The van der Waals surface area contributed by atoms with Crippen molar-refractivity contribution in [1.82, 2.24) is 10.6 Å². The molecule has 0 radical (unpaired) electrons. The number of rotatable bonds is 4. The Bertz CT molecular complexity index is 295. The lowest BCUT2D eigenvalue weighted by Gasteiger charge is -2.30. The van der Waals surface area contributed by atoms with Crippen molar-refractivity contribution in [2.75, 3.05) is 7.11 Å². The summed E-state index contributed by atoms with van der Waals surface area (Å²) in [5.74, 6) is -0.186. The number of carbonyl (C=O) groups is 2. The van der Waals surface area contributed by atoms with Gasteiger partial charge >= 0.3 is 6.09 Å². The maximum absolute atomic E-state index is 12.1. The Morgan fingerprint density at radius 1 is 1.06 bits per heavy atom. The molecule has 0 rings (SSSR count). The molecule has 5 heteroatoms. The van der Waals surface area contributed by atoms with Crippen LogP contribution in [-0.2, 0) is 9.53 Å². The first-order valence-corrected chi connectivity index (χ1v) is 6.24. The summed E-state index contributed by atoms with van der Waals surface area (Å²) < 4.78 is 4.52. The molecule has 0 saturated carbocycles. The molecule has 0 aliphatic rings. The van der Waals surface area contributed by atoms with Crippen LogP contribution in [0.25, 0.3) is 0 Å². The summed E-state index contributed by atoms with van der Waals surface area (Å²) in [6.07, 6.45) is -0.590. The smallest absolute Gasteiger partial charge is 0.407 e. The van der Waals surface area contributed by atoms with E-state index in [1.54, 1.807) is 0 Å². The number of ether oxygens (including phenoxy) is 1. The standard InChI is InChI=1S/C13H26N2O3/c1-8(2)10(15-12(17)18-7)11(16)14-9(3)13(4,5)6/h8-10H,1-7H3,(H,14,16)(H,15,17)/t9-,10+/m1/s1. The van der Waals surface area contributed by atoms with Crippen LogP contribution in [0, 0.1) is 11.3 Å². The topological polar surface area (TPSA) is 67.4 Å². The lowest BCUT2D eigenvalue weighted by Crippen LogP contribution is -2.53. The Hall–Kier alpha value is -1.26. The zero-order chi connectivity index (χ0) is 14.5. The molecule has 5 nitrogen and oxygen atoms in total. The predicted octanol–water partition coefficient (Wildman–Crippen LogP) is 1.92. The van der Waals surface area contributed by atoms with Crippen LogP contribution in [0.4, 0.5) is 4.79 Å². The molecule has 0 heterocycles. The first-order valence-electron chi connectivity index (χ1n) is 6.24. The van der Waals surface area contributed by atoms with Gasteiger partial charge in [0.05, 0.1) is 7.11 Å². The third-order valence-electron chi connectivity index (χ3n) is 3.07. The summed E-state index contributed by atoms with van der Waals surface area (Å²) in [6, 6.07) is -0.562. The number of carbonyl (C=O) groups excluding carboxylic acids is 2. The van der Waals surface area contributed by atoms with Gasteiger partial charge in [0.25, 0.3) is 0 Å². The molecule has 2 N–H and O–H groups in total. The molecule has 106 valence electrons. The van der Waals surface area contributed by atoms with E-state index in [0.717, 1.165) is 0 Å². The first-order chi connectivity index (χ1) is 8.09. The maximum Gasteiger partial charge on any atom is 0.407 e. The van der Waals surface area contributed by atoms with Crippen LogP contribution in [0.15, 0.2) is 0 Å². The van der Waals surface area contributed by atoms with E-state index < -0.39 is 12.1 Å². The van der Waals surface area contributed by atoms with Gasteiger partial charge in [0.15, 0.2) is 0 Å². The SMILES string of the molecule is COC(=O)N[C@H](C(=O)N[C@H](C)C(C)(C)C)C(C)C. The second-order valence-electron chi connectivity index (χ2n) is 5.95. The van der Waals surface area contributed by atoms with E-state index in [2.05, 4.69) is 36.1 Å². The molecule has 0 bridgehead atoms. The van der Waals surface area contributed by atoms with Gasteiger partial charge < -0.3 is 15.4 Å². The van der Waals surface area contributed by atoms with Crippen LogP contribution in [-0.4, -0.2) is 31.2 Å². The molecule has 0 spiro atoms. The molecule has 0 saturated heterocycles. The fourth-order valence-electron chi connectivity index (χ4n) is 1.24. The van der Waals surface area contributed by atoms with E-state index in [9.17, 15) is 9.59 Å². The van der Waals surface area contributed by atoms with Gasteiger partial charge in [-0.1, -0.05) is 34.6 Å². The van der Waals surface area contributed by atoms with Crippen LogP contribution in [0.1, 0.15) is 41.5 Å². The van der Waals surface area contributed by atoms with Crippen LogP contribution in [0.3, 0.4) is 0 Å². The normalized spacial score (nSPS) is 14.9. The summed E-state index contributed by atoms with van der Waals surface area (Å²) in [4.78, 5) is 23.3. The minimum Gasteiger partial charge on any atom is -0.453 e. The van der Waals surface area contributed by atoms with Gasteiger partial charge in [0.2, 0.25) is 5.91 Å². The monoisotopic (exact) mass is 258 g/mol.